The van der Waals surface area contributed by atoms with Crippen molar-refractivity contribution in [2.24, 2.45) is 5.92 Å². The van der Waals surface area contributed by atoms with Crippen molar-refractivity contribution >= 4 is 5.91 Å². The summed E-state index contributed by atoms with van der Waals surface area (Å²) in [6.45, 7) is 4.12. The van der Waals surface area contributed by atoms with Crippen LogP contribution in [0.15, 0.2) is 18.2 Å². The van der Waals surface area contributed by atoms with Gasteiger partial charge in [0, 0.05) is 6.54 Å². The van der Waals surface area contributed by atoms with Crippen LogP contribution in [0.3, 0.4) is 0 Å². The molecule has 1 aliphatic heterocycles. The summed E-state index contributed by atoms with van der Waals surface area (Å²) in [4.78, 5) is 13.9. The number of hydrogen-bond donors (Lipinski definition) is 1. The first-order valence-electron chi connectivity index (χ1n) is 6.85. The first kappa shape index (κ1) is 14.9. The lowest BCUT2D eigenvalue weighted by molar-refractivity contribution is 0.0183. The Balaban J connectivity index is 2.29. The lowest BCUT2D eigenvalue weighted by Gasteiger charge is -2.40. The van der Waals surface area contributed by atoms with E-state index in [0.717, 1.165) is 12.5 Å². The molecule has 1 amide bonds. The molecule has 3 atom stereocenters. The second-order valence-electron chi connectivity index (χ2n) is 5.54. The number of carbonyl (C=O) groups excluding carboxylic acids is 1. The SMILES string of the molecule is CC1CCN(C(=O)c2cccc(F)c2F)C(C(C)O)C1. The predicted molar refractivity (Wildman–Crippen MR) is 71.3 cm³/mol. The number of aliphatic hydroxyl groups excluding tert-OH is 1. The number of aliphatic hydroxyl groups is 1. The van der Waals surface area contributed by atoms with Crippen LogP contribution < -0.4 is 0 Å². The number of piperidine rings is 1. The summed E-state index contributed by atoms with van der Waals surface area (Å²) in [5, 5.41) is 9.82. The molecule has 110 valence electrons. The van der Waals surface area contributed by atoms with Crippen molar-refractivity contribution in [1.29, 1.82) is 0 Å². The summed E-state index contributed by atoms with van der Waals surface area (Å²) in [6, 6.07) is 3.22. The summed E-state index contributed by atoms with van der Waals surface area (Å²) in [6.07, 6.45) is 0.769. The van der Waals surface area contributed by atoms with E-state index in [9.17, 15) is 18.7 Å². The van der Waals surface area contributed by atoms with Crippen LogP contribution in [-0.2, 0) is 0 Å². The average molecular weight is 283 g/mol. The van der Waals surface area contributed by atoms with Gasteiger partial charge >= 0.3 is 0 Å². The van der Waals surface area contributed by atoms with Crippen LogP contribution in [0.2, 0.25) is 0 Å². The second-order valence-corrected chi connectivity index (χ2v) is 5.54. The topological polar surface area (TPSA) is 40.5 Å². The zero-order chi connectivity index (χ0) is 14.9. The normalized spacial score (nSPS) is 24.6. The van der Waals surface area contributed by atoms with Crippen molar-refractivity contribution in [2.45, 2.75) is 38.8 Å². The van der Waals surface area contributed by atoms with Crippen LogP contribution in [0.5, 0.6) is 0 Å². The van der Waals surface area contributed by atoms with Crippen molar-refractivity contribution in [3.05, 3.63) is 35.4 Å². The zero-order valence-electron chi connectivity index (χ0n) is 11.6. The minimum absolute atomic E-state index is 0.273. The number of benzene rings is 1. The van der Waals surface area contributed by atoms with E-state index in [-0.39, 0.29) is 11.6 Å². The van der Waals surface area contributed by atoms with Gasteiger partial charge in [0.2, 0.25) is 0 Å². The van der Waals surface area contributed by atoms with Gasteiger partial charge < -0.3 is 10.0 Å². The van der Waals surface area contributed by atoms with Crippen LogP contribution in [0, 0.1) is 17.6 Å². The van der Waals surface area contributed by atoms with Gasteiger partial charge in [-0.1, -0.05) is 13.0 Å². The Morgan fingerprint density at radius 1 is 1.45 bits per heavy atom. The number of nitrogens with zero attached hydrogens (tertiary/aromatic N) is 1. The molecule has 0 aromatic heterocycles. The van der Waals surface area contributed by atoms with Gasteiger partial charge in [0.25, 0.3) is 5.91 Å². The third-order valence-electron chi connectivity index (χ3n) is 3.91. The Morgan fingerprint density at radius 2 is 2.15 bits per heavy atom. The van der Waals surface area contributed by atoms with Crippen molar-refractivity contribution in [3.63, 3.8) is 0 Å². The molecule has 0 bridgehead atoms. The van der Waals surface area contributed by atoms with Crippen LogP contribution >= 0.6 is 0 Å². The number of halogens is 2. The van der Waals surface area contributed by atoms with Gasteiger partial charge in [-0.25, -0.2) is 8.78 Å². The van der Waals surface area contributed by atoms with Crippen LogP contribution in [0.4, 0.5) is 8.78 Å². The van der Waals surface area contributed by atoms with E-state index in [1.807, 2.05) is 0 Å². The molecule has 5 heteroatoms. The number of carbonyl (C=O) groups is 1. The van der Waals surface area contributed by atoms with E-state index in [0.29, 0.717) is 18.9 Å². The third kappa shape index (κ3) is 2.82. The van der Waals surface area contributed by atoms with Crippen molar-refractivity contribution < 1.29 is 18.7 Å². The molecule has 3 unspecified atom stereocenters. The lowest BCUT2D eigenvalue weighted by atomic mass is 9.89. The van der Waals surface area contributed by atoms with E-state index in [4.69, 9.17) is 0 Å². The summed E-state index contributed by atoms with van der Waals surface area (Å²) in [7, 11) is 0. The number of amides is 1. The van der Waals surface area contributed by atoms with Crippen LogP contribution in [0.1, 0.15) is 37.0 Å². The van der Waals surface area contributed by atoms with E-state index < -0.39 is 23.6 Å². The fraction of sp³-hybridized carbons (Fsp3) is 0.533. The highest BCUT2D eigenvalue weighted by Crippen LogP contribution is 2.27. The largest absolute Gasteiger partial charge is 0.391 e. The first-order valence-corrected chi connectivity index (χ1v) is 6.85. The highest BCUT2D eigenvalue weighted by atomic mass is 19.2. The molecule has 20 heavy (non-hydrogen) atoms. The highest BCUT2D eigenvalue weighted by molar-refractivity contribution is 5.94. The maximum atomic E-state index is 13.7. The molecule has 1 aromatic rings. The van der Waals surface area contributed by atoms with Gasteiger partial charge in [-0.05, 0) is 37.8 Å². The summed E-state index contributed by atoms with van der Waals surface area (Å²) < 4.78 is 27.0. The number of rotatable bonds is 2. The fourth-order valence-electron chi connectivity index (χ4n) is 2.72. The maximum absolute atomic E-state index is 13.7. The molecule has 1 aromatic carbocycles. The molecular weight excluding hydrogens is 264 g/mol. The van der Waals surface area contributed by atoms with Gasteiger partial charge in [0.05, 0.1) is 17.7 Å². The highest BCUT2D eigenvalue weighted by Gasteiger charge is 2.34. The fourth-order valence-corrected chi connectivity index (χ4v) is 2.72. The number of likely N-dealkylation sites (tertiary alicyclic amines) is 1. The van der Waals surface area contributed by atoms with Gasteiger partial charge in [0.1, 0.15) is 0 Å². The predicted octanol–water partition coefficient (Wildman–Crippen LogP) is 2.59. The Hall–Kier alpha value is -1.49. The number of hydrogen-bond acceptors (Lipinski definition) is 2. The van der Waals surface area contributed by atoms with Crippen LogP contribution in [0.25, 0.3) is 0 Å². The lowest BCUT2D eigenvalue weighted by Crippen LogP contribution is -2.50. The van der Waals surface area contributed by atoms with Gasteiger partial charge in [-0.2, -0.15) is 0 Å². The Kier molecular flexibility index (Phi) is 4.38. The summed E-state index contributed by atoms with van der Waals surface area (Å²) in [5.74, 6) is -2.31. The Labute approximate surface area is 117 Å². The molecule has 0 spiro atoms. The zero-order valence-corrected chi connectivity index (χ0v) is 11.6. The van der Waals surface area contributed by atoms with Gasteiger partial charge in [-0.3, -0.25) is 4.79 Å². The Bertz CT molecular complexity index is 505. The molecule has 3 nitrogen and oxygen atoms in total. The molecule has 1 fully saturated rings. The molecule has 1 aliphatic rings. The maximum Gasteiger partial charge on any atom is 0.257 e. The van der Waals surface area contributed by atoms with E-state index in [1.165, 1.54) is 17.0 Å². The van der Waals surface area contributed by atoms with Crippen molar-refractivity contribution in [2.75, 3.05) is 6.54 Å². The monoisotopic (exact) mass is 283 g/mol. The molecule has 0 aliphatic carbocycles. The molecule has 1 heterocycles. The molecule has 0 saturated carbocycles. The summed E-state index contributed by atoms with van der Waals surface area (Å²) >= 11 is 0. The summed E-state index contributed by atoms with van der Waals surface area (Å²) in [5.41, 5.74) is -0.273. The molecule has 1 N–H and O–H groups in total. The molecule has 1 saturated heterocycles. The second kappa shape index (κ2) is 5.87. The minimum Gasteiger partial charge on any atom is -0.391 e. The van der Waals surface area contributed by atoms with Gasteiger partial charge in [-0.15, -0.1) is 0 Å². The van der Waals surface area contributed by atoms with Crippen molar-refractivity contribution in [1.82, 2.24) is 4.90 Å². The first-order chi connectivity index (χ1) is 9.41. The quantitative estimate of drug-likeness (QED) is 0.906. The molecular formula is C15H19F2NO2. The third-order valence-corrected chi connectivity index (χ3v) is 3.91. The van der Waals surface area contributed by atoms with Crippen molar-refractivity contribution in [3.8, 4) is 0 Å². The minimum atomic E-state index is -1.12. The smallest absolute Gasteiger partial charge is 0.257 e. The average Bonchev–Trinajstić information content (AvgIpc) is 2.41. The van der Waals surface area contributed by atoms with E-state index in [2.05, 4.69) is 6.92 Å². The molecule has 0 radical (unpaired) electrons. The molecule has 2 rings (SSSR count). The van der Waals surface area contributed by atoms with E-state index >= 15 is 0 Å². The van der Waals surface area contributed by atoms with E-state index in [1.54, 1.807) is 6.92 Å². The standard InChI is InChI=1S/C15H19F2NO2/c1-9-6-7-18(13(8-9)10(2)19)15(20)11-4-3-5-12(16)14(11)17/h3-5,9-10,13,19H,6-8H2,1-2H3. The van der Waals surface area contributed by atoms with Gasteiger partial charge in [0.15, 0.2) is 11.6 Å². The van der Waals surface area contributed by atoms with Crippen LogP contribution in [-0.4, -0.2) is 34.6 Å². The Morgan fingerprint density at radius 3 is 2.80 bits per heavy atom.